The summed E-state index contributed by atoms with van der Waals surface area (Å²) < 4.78 is 0.547. The summed E-state index contributed by atoms with van der Waals surface area (Å²) in [5.74, 6) is 2.33. The Labute approximate surface area is 261 Å². The van der Waals surface area contributed by atoms with E-state index in [1.165, 1.54) is 11.8 Å². The molecule has 1 aliphatic heterocycles. The molecule has 3 amide bonds. The van der Waals surface area contributed by atoms with Crippen LogP contribution < -0.4 is 10.6 Å². The summed E-state index contributed by atoms with van der Waals surface area (Å²) in [7, 11) is 0. The molecule has 0 aromatic heterocycles. The van der Waals surface area contributed by atoms with Crippen molar-refractivity contribution in [3.05, 3.63) is 0 Å². The van der Waals surface area contributed by atoms with Crippen molar-refractivity contribution in [3.63, 3.8) is 0 Å². The number of carbonyl (C=O) groups excluding carboxylic acids is 3. The first-order valence-corrected chi connectivity index (χ1v) is 15.6. The predicted octanol–water partition coefficient (Wildman–Crippen LogP) is 4.16. The molecule has 1 saturated heterocycles. The van der Waals surface area contributed by atoms with Gasteiger partial charge in [0.2, 0.25) is 17.7 Å². The van der Waals surface area contributed by atoms with E-state index >= 15 is 0 Å². The molecule has 0 radical (unpaired) electrons. The zero-order valence-electron chi connectivity index (χ0n) is 26.3. The van der Waals surface area contributed by atoms with Crippen molar-refractivity contribution in [2.45, 2.75) is 93.6 Å². The Morgan fingerprint density at radius 2 is 1.62 bits per heavy atom. The highest BCUT2D eigenvalue weighted by molar-refractivity contribution is 8.23. The molecule has 0 saturated carbocycles. The van der Waals surface area contributed by atoms with Gasteiger partial charge in [-0.3, -0.25) is 19.3 Å². The second-order valence-electron chi connectivity index (χ2n) is 13.1. The molecule has 0 bridgehead atoms. The van der Waals surface area contributed by atoms with Crippen molar-refractivity contribution >= 4 is 46.0 Å². The van der Waals surface area contributed by atoms with E-state index in [-0.39, 0.29) is 62.9 Å². The number of nitriles is 2. The second kappa shape index (κ2) is 14.7. The molecule has 4 unspecified atom stereocenters. The Balaban J connectivity index is 3.47. The summed E-state index contributed by atoms with van der Waals surface area (Å²) in [6.45, 7) is 15.0. The molecule has 4 atom stereocenters. The number of rotatable bonds is 15. The highest BCUT2D eigenvalue weighted by Gasteiger charge is 2.60. The van der Waals surface area contributed by atoms with Crippen molar-refractivity contribution in [1.82, 2.24) is 15.5 Å². The highest BCUT2D eigenvalue weighted by Crippen LogP contribution is 2.60. The van der Waals surface area contributed by atoms with E-state index in [4.69, 9.17) is 18.6 Å². The maximum atomic E-state index is 14.0. The van der Waals surface area contributed by atoms with Gasteiger partial charge in [0, 0.05) is 31.7 Å². The van der Waals surface area contributed by atoms with Gasteiger partial charge in [0.25, 0.3) is 0 Å². The molecule has 0 aromatic carbocycles. The smallest absolute Gasteiger partial charge is 0.228 e. The summed E-state index contributed by atoms with van der Waals surface area (Å²) >= 11 is 6.76. The van der Waals surface area contributed by atoms with E-state index in [9.17, 15) is 30.0 Å². The Hall–Kier alpha value is -2.65. The zero-order valence-corrected chi connectivity index (χ0v) is 28.0. The van der Waals surface area contributed by atoms with Crippen LogP contribution in [0.3, 0.4) is 0 Å². The molecule has 232 valence electrons. The van der Waals surface area contributed by atoms with Gasteiger partial charge in [0.15, 0.2) is 0 Å². The van der Waals surface area contributed by atoms with Gasteiger partial charge in [-0.05, 0) is 50.9 Å². The number of nitrogens with zero attached hydrogens (tertiary/aromatic N) is 3. The van der Waals surface area contributed by atoms with Crippen molar-refractivity contribution in [2.24, 2.45) is 27.1 Å². The van der Waals surface area contributed by atoms with Gasteiger partial charge >= 0.3 is 0 Å². The molecule has 0 aliphatic carbocycles. The van der Waals surface area contributed by atoms with E-state index in [2.05, 4.69) is 28.7 Å². The molecule has 1 aliphatic rings. The van der Waals surface area contributed by atoms with Gasteiger partial charge in [-0.2, -0.15) is 10.5 Å². The van der Waals surface area contributed by atoms with Crippen LogP contribution in [-0.2, 0) is 14.4 Å². The molecule has 1 fully saturated rings. The molecule has 3 N–H and O–H groups in total. The first kappa shape index (κ1) is 37.4. The zero-order chi connectivity index (χ0) is 32.6. The average molecular weight is 618 g/mol. The number of carbonyl (C=O) groups is 3. The van der Waals surface area contributed by atoms with Gasteiger partial charge in [-0.1, -0.05) is 64.5 Å². The van der Waals surface area contributed by atoms with Gasteiger partial charge in [-0.15, -0.1) is 6.42 Å². The summed E-state index contributed by atoms with van der Waals surface area (Å²) in [5.41, 5.74) is -5.23. The van der Waals surface area contributed by atoms with Gasteiger partial charge < -0.3 is 15.7 Å². The number of hydrogen-bond acceptors (Lipinski definition) is 8. The standard InChI is InChI=1S/C31H47N5O4S2/c1-10-15-34-23(38)11-13-30(8,21-33)28(5,6)31(9,25(40)35-18-22(2)37)19-27(3,4)29(7,20-32)14-12-24(39)36-16-17-42-26(36)41/h1,22,37H,11-19H2,2-9H3,(H,34,38)(H,35,40). The minimum atomic E-state index is -1.24. The van der Waals surface area contributed by atoms with Crippen LogP contribution in [0.25, 0.3) is 0 Å². The van der Waals surface area contributed by atoms with Crippen LogP contribution in [0, 0.1) is 62.1 Å². The third-order valence-electron chi connectivity index (χ3n) is 9.74. The molecule has 1 heterocycles. The van der Waals surface area contributed by atoms with Crippen LogP contribution >= 0.6 is 24.0 Å². The van der Waals surface area contributed by atoms with Crippen LogP contribution in [0.15, 0.2) is 0 Å². The lowest BCUT2D eigenvalue weighted by Gasteiger charge is -2.55. The van der Waals surface area contributed by atoms with E-state index in [0.29, 0.717) is 10.9 Å². The fourth-order valence-corrected chi connectivity index (χ4v) is 6.72. The van der Waals surface area contributed by atoms with Crippen LogP contribution in [0.5, 0.6) is 0 Å². The summed E-state index contributed by atoms with van der Waals surface area (Å²) in [6, 6.07) is 4.83. The molecular weight excluding hydrogens is 571 g/mol. The fourth-order valence-electron chi connectivity index (χ4n) is 5.48. The lowest BCUT2D eigenvalue weighted by Crippen LogP contribution is -2.58. The molecule has 9 nitrogen and oxygen atoms in total. The van der Waals surface area contributed by atoms with Crippen molar-refractivity contribution in [2.75, 3.05) is 25.4 Å². The first-order chi connectivity index (χ1) is 19.3. The number of thiocarbonyl (C=S) groups is 1. The summed E-state index contributed by atoms with van der Waals surface area (Å²) in [5, 5.41) is 36.3. The van der Waals surface area contributed by atoms with Crippen LogP contribution in [0.4, 0.5) is 0 Å². The fraction of sp³-hybridized carbons (Fsp3) is 0.742. The van der Waals surface area contributed by atoms with Crippen molar-refractivity contribution in [3.8, 4) is 24.5 Å². The number of nitrogens with one attached hydrogen (secondary N) is 2. The van der Waals surface area contributed by atoms with Crippen LogP contribution in [0.1, 0.15) is 87.5 Å². The Morgan fingerprint density at radius 1 is 1.05 bits per heavy atom. The van der Waals surface area contributed by atoms with Gasteiger partial charge in [-0.25, -0.2) is 0 Å². The van der Waals surface area contributed by atoms with E-state index < -0.39 is 33.2 Å². The van der Waals surface area contributed by atoms with E-state index in [1.54, 1.807) is 32.6 Å². The maximum Gasteiger partial charge on any atom is 0.228 e. The summed E-state index contributed by atoms with van der Waals surface area (Å²) in [4.78, 5) is 41.0. The third-order valence-corrected chi connectivity index (χ3v) is 11.2. The lowest BCUT2D eigenvalue weighted by molar-refractivity contribution is -0.149. The van der Waals surface area contributed by atoms with Crippen LogP contribution in [0.2, 0.25) is 0 Å². The third kappa shape index (κ3) is 8.25. The predicted molar refractivity (Wildman–Crippen MR) is 169 cm³/mol. The molecular formula is C31H47N5O4S2. The molecule has 11 heteroatoms. The molecule has 42 heavy (non-hydrogen) atoms. The maximum absolute atomic E-state index is 14.0. The minimum absolute atomic E-state index is 0.0144. The van der Waals surface area contributed by atoms with Gasteiger partial charge in [0.05, 0.1) is 41.0 Å². The lowest BCUT2D eigenvalue weighted by atomic mass is 9.47. The minimum Gasteiger partial charge on any atom is -0.392 e. The van der Waals surface area contributed by atoms with E-state index in [1.807, 2.05) is 27.7 Å². The highest BCUT2D eigenvalue weighted by atomic mass is 32.2. The normalized spacial score (nSPS) is 18.7. The van der Waals surface area contributed by atoms with Gasteiger partial charge in [0.1, 0.15) is 4.32 Å². The Bertz CT molecular complexity index is 1170. The largest absolute Gasteiger partial charge is 0.392 e. The number of aliphatic hydroxyl groups is 1. The van der Waals surface area contributed by atoms with Crippen molar-refractivity contribution in [1.29, 1.82) is 10.5 Å². The van der Waals surface area contributed by atoms with Crippen LogP contribution in [-0.4, -0.2) is 63.5 Å². The number of terminal acetylenes is 1. The molecule has 0 aromatic rings. The average Bonchev–Trinajstić information content (AvgIpc) is 3.36. The Morgan fingerprint density at radius 3 is 2.10 bits per heavy atom. The Kier molecular flexibility index (Phi) is 13.1. The topological polar surface area (TPSA) is 146 Å². The second-order valence-corrected chi connectivity index (χ2v) is 14.8. The summed E-state index contributed by atoms with van der Waals surface area (Å²) in [6.07, 6.45) is 5.25. The first-order valence-electron chi connectivity index (χ1n) is 14.2. The number of amides is 3. The number of hydrogen-bond donors (Lipinski definition) is 3. The quantitative estimate of drug-likeness (QED) is 0.183. The molecule has 1 rings (SSSR count). The SMILES string of the molecule is C#CCNC(=O)CCC(C)(C#N)C(C)(C)C(C)(CC(C)(C)C(C)(C#N)CCC(=O)N1CCSC1=S)C(=O)NCC(C)O. The number of thioether (sulfide) groups is 1. The molecule has 0 spiro atoms. The number of aliphatic hydroxyl groups excluding tert-OH is 1. The van der Waals surface area contributed by atoms with E-state index in [0.717, 1.165) is 5.75 Å². The van der Waals surface area contributed by atoms with Crippen molar-refractivity contribution < 1.29 is 19.5 Å². The monoisotopic (exact) mass is 617 g/mol.